The van der Waals surface area contributed by atoms with Crippen LogP contribution < -0.4 is 14.2 Å². The van der Waals surface area contributed by atoms with E-state index in [1.807, 2.05) is 13.8 Å². The van der Waals surface area contributed by atoms with Gasteiger partial charge in [-0.3, -0.25) is 0 Å². The van der Waals surface area contributed by atoms with E-state index < -0.39 is 0 Å². The molecule has 0 aliphatic heterocycles. The van der Waals surface area contributed by atoms with Gasteiger partial charge in [0.1, 0.15) is 0 Å². The van der Waals surface area contributed by atoms with Crippen molar-refractivity contribution in [1.82, 2.24) is 0 Å². The molecule has 0 spiro atoms. The monoisotopic (exact) mass is 514 g/mol. The minimum absolute atomic E-state index is 0. The topological polar surface area (TPSA) is 80.9 Å². The molecule has 0 saturated carbocycles. The Morgan fingerprint density at radius 2 is 1.63 bits per heavy atom. The van der Waals surface area contributed by atoms with Gasteiger partial charge in [0.2, 0.25) is 6.08 Å². The number of benzene rings is 2. The van der Waals surface area contributed by atoms with Crippen LogP contribution in [0.1, 0.15) is 17.5 Å². The third kappa shape index (κ3) is 8.64. The van der Waals surface area contributed by atoms with E-state index in [1.165, 1.54) is 6.08 Å². The number of nitriles is 1. The van der Waals surface area contributed by atoms with Crippen molar-refractivity contribution in [2.45, 2.75) is 20.3 Å². The van der Waals surface area contributed by atoms with Crippen molar-refractivity contribution >= 4 is 11.8 Å². The summed E-state index contributed by atoms with van der Waals surface area (Å²) in [7, 11) is 0. The number of hydrogen-bond acceptors (Lipinski definition) is 6. The molecule has 2 rings (SSSR count). The zero-order chi connectivity index (χ0) is 18.1. The number of nitrogens with zero attached hydrogens (tertiary/aromatic N) is 2. The molecule has 27 heavy (non-hydrogen) atoms. The van der Waals surface area contributed by atoms with Crippen molar-refractivity contribution in [2.24, 2.45) is 4.99 Å². The van der Waals surface area contributed by atoms with Crippen LogP contribution in [0.15, 0.2) is 29.3 Å². The van der Waals surface area contributed by atoms with Crippen LogP contribution in [0.2, 0.25) is 0 Å². The summed E-state index contributed by atoms with van der Waals surface area (Å²) in [4.78, 5) is 13.8. The van der Waals surface area contributed by atoms with Gasteiger partial charge in [-0.25, -0.2) is 9.79 Å². The van der Waals surface area contributed by atoms with Gasteiger partial charge in [0.15, 0.2) is 0 Å². The fourth-order valence-electron chi connectivity index (χ4n) is 2.10. The van der Waals surface area contributed by atoms with Crippen molar-refractivity contribution < 1.29 is 84.4 Å². The first-order valence-electron chi connectivity index (χ1n) is 7.58. The molecule has 0 atom stereocenters. The van der Waals surface area contributed by atoms with Crippen LogP contribution >= 0.6 is 0 Å². The van der Waals surface area contributed by atoms with Crippen molar-refractivity contribution in [2.75, 3.05) is 13.2 Å². The Bertz CT molecular complexity index is 831. The van der Waals surface area contributed by atoms with Gasteiger partial charge in [0.05, 0.1) is 13.2 Å². The predicted octanol–water partition coefficient (Wildman–Crippen LogP) is 3.57. The van der Waals surface area contributed by atoms with Crippen LogP contribution in [0.3, 0.4) is 0 Å². The second kappa shape index (κ2) is 14.0. The van der Waals surface area contributed by atoms with Crippen LogP contribution in [0.5, 0.6) is 17.2 Å². The number of hydrogen-bond donors (Lipinski definition) is 0. The van der Waals surface area contributed by atoms with Crippen LogP contribution in [-0.4, -0.2) is 19.3 Å². The maximum Gasteiger partial charge on any atom is 0.279 e. The quantitative estimate of drug-likeness (QED) is 0.177. The summed E-state index contributed by atoms with van der Waals surface area (Å²) in [6.07, 6.45) is 3.78. The summed E-state index contributed by atoms with van der Waals surface area (Å²) in [5.74, 6) is 1.67. The second-order valence-corrected chi connectivity index (χ2v) is 5.16. The van der Waals surface area contributed by atoms with E-state index in [9.17, 15) is 4.79 Å². The maximum absolute atomic E-state index is 10.2. The summed E-state index contributed by atoms with van der Waals surface area (Å²) >= 11 is 0. The molecular weight excluding hydrogens is 498 g/mol. The molecular formula is C19H16N2O4Y2-2. The number of rotatable bonds is 8. The molecule has 0 aliphatic carbocycles. The first-order chi connectivity index (χ1) is 12.1. The van der Waals surface area contributed by atoms with Crippen LogP contribution in [0, 0.1) is 37.5 Å². The van der Waals surface area contributed by atoms with E-state index in [4.69, 9.17) is 19.5 Å². The Balaban J connectivity index is 0.00000338. The molecule has 2 aromatic rings. The third-order valence-corrected chi connectivity index (χ3v) is 3.26. The maximum atomic E-state index is 10.2. The average molecular weight is 514 g/mol. The molecule has 8 heteroatoms. The van der Waals surface area contributed by atoms with Gasteiger partial charge in [-0.1, -0.05) is 13.8 Å². The molecule has 134 valence electrons. The molecule has 0 saturated heterocycles. The van der Waals surface area contributed by atoms with E-state index in [0.29, 0.717) is 42.6 Å². The summed E-state index contributed by atoms with van der Waals surface area (Å²) in [6, 6.07) is 12.5. The predicted molar refractivity (Wildman–Crippen MR) is 89.7 cm³/mol. The number of isocyanates is 1. The van der Waals surface area contributed by atoms with E-state index in [-0.39, 0.29) is 65.4 Å². The van der Waals surface area contributed by atoms with E-state index >= 15 is 0 Å². The molecule has 0 fully saturated rings. The number of carbonyl (C=O) groups excluding carboxylic acids is 1. The van der Waals surface area contributed by atoms with Gasteiger partial charge < -0.3 is 14.2 Å². The summed E-state index contributed by atoms with van der Waals surface area (Å²) in [6.45, 7) is 4.63. The minimum atomic E-state index is 0. The SMILES string of the molecule is Cc1cc(N=C=O)c[c-]c1OCCCOc1[c-]cc(OC#N)cc1C.[Y].[Y]. The molecule has 2 aromatic carbocycles. The van der Waals surface area contributed by atoms with Crippen molar-refractivity contribution in [3.63, 3.8) is 0 Å². The molecule has 0 amide bonds. The standard InChI is InChI=1S/C19H16N2O4.2Y/c1-14-10-16(21-13-22)4-6-18(14)23-8-3-9-24-19-7-5-17(25-12-20)11-15(19)2;;/h4-5,10-11H,3,8-9H2,1-2H3;;/q-2;;. The smallest absolute Gasteiger partial charge is 0.279 e. The van der Waals surface area contributed by atoms with Gasteiger partial charge in [0.25, 0.3) is 6.26 Å². The molecule has 2 radical (unpaired) electrons. The summed E-state index contributed by atoms with van der Waals surface area (Å²) in [5, 5.41) is 8.48. The van der Waals surface area contributed by atoms with E-state index in [1.54, 1.807) is 30.5 Å². The van der Waals surface area contributed by atoms with Crippen molar-refractivity contribution in [3.05, 3.63) is 47.5 Å². The van der Waals surface area contributed by atoms with E-state index in [2.05, 4.69) is 17.1 Å². The summed E-state index contributed by atoms with van der Waals surface area (Å²) in [5.41, 5.74) is 2.18. The Hall–Kier alpha value is -1.08. The Morgan fingerprint density at radius 1 is 1.04 bits per heavy atom. The Labute approximate surface area is 209 Å². The molecule has 0 aromatic heterocycles. The average Bonchev–Trinajstić information content (AvgIpc) is 2.58. The fraction of sp³-hybridized carbons (Fsp3) is 0.263. The van der Waals surface area contributed by atoms with Crippen molar-refractivity contribution in [3.8, 4) is 23.5 Å². The van der Waals surface area contributed by atoms with Gasteiger partial charge in [-0.2, -0.15) is 5.26 Å². The molecule has 0 N–H and O–H groups in total. The number of ether oxygens (including phenoxy) is 3. The minimum Gasteiger partial charge on any atom is -0.519 e. The first kappa shape index (κ1) is 25.9. The third-order valence-electron chi connectivity index (χ3n) is 3.26. The van der Waals surface area contributed by atoms with Crippen LogP contribution in [0.25, 0.3) is 0 Å². The zero-order valence-corrected chi connectivity index (χ0v) is 20.8. The first-order valence-corrected chi connectivity index (χ1v) is 7.58. The Kier molecular flexibility index (Phi) is 13.4. The second-order valence-electron chi connectivity index (χ2n) is 5.16. The van der Waals surface area contributed by atoms with Crippen LogP contribution in [-0.2, 0) is 70.2 Å². The van der Waals surface area contributed by atoms with Gasteiger partial charge >= 0.3 is 0 Å². The molecule has 6 nitrogen and oxygen atoms in total. The Morgan fingerprint density at radius 3 is 2.15 bits per heavy atom. The summed E-state index contributed by atoms with van der Waals surface area (Å²) < 4.78 is 16.0. The molecule has 0 heterocycles. The number of aliphatic imine (C=N–C) groups is 1. The van der Waals surface area contributed by atoms with Gasteiger partial charge in [-0.05, 0) is 5.69 Å². The molecule has 0 bridgehead atoms. The van der Waals surface area contributed by atoms with E-state index in [0.717, 1.165) is 11.1 Å². The van der Waals surface area contributed by atoms with Gasteiger partial charge in [0, 0.05) is 89.1 Å². The molecule has 0 aliphatic rings. The molecule has 0 unspecified atom stereocenters. The number of aryl methyl sites for hydroxylation is 2. The van der Waals surface area contributed by atoms with Crippen LogP contribution in [0.4, 0.5) is 5.69 Å². The normalized spacial score (nSPS) is 8.93. The largest absolute Gasteiger partial charge is 0.519 e. The van der Waals surface area contributed by atoms with Crippen molar-refractivity contribution in [1.29, 1.82) is 5.26 Å². The van der Waals surface area contributed by atoms with Gasteiger partial charge in [-0.15, -0.1) is 47.5 Å². The fourth-order valence-corrected chi connectivity index (χ4v) is 2.10. The zero-order valence-electron chi connectivity index (χ0n) is 15.1.